The largest absolute Gasteiger partial charge is 0.352 e. The van der Waals surface area contributed by atoms with Gasteiger partial charge in [0, 0.05) is 18.4 Å². The molecule has 2 heterocycles. The third kappa shape index (κ3) is 4.11. The zero-order valence-corrected chi connectivity index (χ0v) is 16.1. The average Bonchev–Trinajstić information content (AvgIpc) is 2.75. The number of hydrogen-bond donors (Lipinski definition) is 1. The van der Waals surface area contributed by atoms with E-state index in [-0.39, 0.29) is 36.2 Å². The molecule has 1 aliphatic carbocycles. The Balaban J connectivity index is 1.71. The van der Waals surface area contributed by atoms with E-state index >= 15 is 0 Å². The van der Waals surface area contributed by atoms with Gasteiger partial charge in [0.15, 0.2) is 11.2 Å². The van der Waals surface area contributed by atoms with Crippen LogP contribution in [0.2, 0.25) is 0 Å². The summed E-state index contributed by atoms with van der Waals surface area (Å²) in [6, 6.07) is 9.38. The van der Waals surface area contributed by atoms with Crippen LogP contribution in [0.5, 0.6) is 0 Å². The number of hydrogen-bond acceptors (Lipinski definition) is 5. The van der Waals surface area contributed by atoms with Gasteiger partial charge in [-0.1, -0.05) is 49.6 Å². The van der Waals surface area contributed by atoms with E-state index in [4.69, 9.17) is 0 Å². The summed E-state index contributed by atoms with van der Waals surface area (Å²) >= 11 is 0. The van der Waals surface area contributed by atoms with Crippen LogP contribution in [0.3, 0.4) is 0 Å². The van der Waals surface area contributed by atoms with Crippen LogP contribution in [0.4, 0.5) is 0 Å². The first kappa shape index (κ1) is 19.0. The van der Waals surface area contributed by atoms with Crippen molar-refractivity contribution in [2.75, 3.05) is 0 Å². The number of fused-ring (bicyclic) bond motifs is 1. The Kier molecular flexibility index (Phi) is 5.50. The van der Waals surface area contributed by atoms with E-state index in [2.05, 4.69) is 15.3 Å². The predicted octanol–water partition coefficient (Wildman–Crippen LogP) is 1.45. The van der Waals surface area contributed by atoms with Crippen molar-refractivity contribution in [3.05, 3.63) is 69.1 Å². The number of benzene rings is 1. The maximum absolute atomic E-state index is 13.1. The van der Waals surface area contributed by atoms with Crippen LogP contribution in [-0.2, 0) is 17.9 Å². The van der Waals surface area contributed by atoms with Gasteiger partial charge in [0.25, 0.3) is 5.56 Å². The Morgan fingerprint density at radius 3 is 2.48 bits per heavy atom. The number of amides is 1. The second-order valence-electron chi connectivity index (χ2n) is 7.38. The fourth-order valence-corrected chi connectivity index (χ4v) is 3.84. The zero-order valence-electron chi connectivity index (χ0n) is 16.1. The summed E-state index contributed by atoms with van der Waals surface area (Å²) in [6.45, 7) is -0.0884. The number of carbonyl (C=O) groups is 1. The van der Waals surface area contributed by atoms with Crippen molar-refractivity contribution in [1.29, 1.82) is 0 Å². The summed E-state index contributed by atoms with van der Waals surface area (Å²) in [4.78, 5) is 46.9. The molecule has 2 aromatic heterocycles. The normalized spacial score (nSPS) is 14.8. The van der Waals surface area contributed by atoms with E-state index in [9.17, 15) is 14.4 Å². The molecule has 1 amide bonds. The molecule has 29 heavy (non-hydrogen) atoms. The monoisotopic (exact) mass is 393 g/mol. The van der Waals surface area contributed by atoms with Crippen molar-refractivity contribution >= 4 is 17.1 Å². The van der Waals surface area contributed by atoms with Gasteiger partial charge in [-0.2, -0.15) is 0 Å². The lowest BCUT2D eigenvalue weighted by Crippen LogP contribution is -2.45. The zero-order chi connectivity index (χ0) is 20.2. The Morgan fingerprint density at radius 1 is 1.00 bits per heavy atom. The van der Waals surface area contributed by atoms with Gasteiger partial charge in [-0.15, -0.1) is 0 Å². The standard InChI is InChI=1S/C21H23N5O3/c27-17(24-16-9-5-2-6-10-16)14-25-19-18(22-11-12-23-19)20(28)26(21(25)29)13-15-7-3-1-4-8-15/h1,3-4,7-8,11-12,16H,2,5-6,9-10,13-14H2,(H,24,27). The topological polar surface area (TPSA) is 98.9 Å². The van der Waals surface area contributed by atoms with Crippen LogP contribution < -0.4 is 16.6 Å². The van der Waals surface area contributed by atoms with Gasteiger partial charge in [0.2, 0.25) is 5.91 Å². The second-order valence-corrected chi connectivity index (χ2v) is 7.38. The van der Waals surface area contributed by atoms with E-state index in [1.54, 1.807) is 0 Å². The lowest BCUT2D eigenvalue weighted by molar-refractivity contribution is -0.122. The Hall–Kier alpha value is -3.29. The molecule has 1 N–H and O–H groups in total. The fourth-order valence-electron chi connectivity index (χ4n) is 3.84. The van der Waals surface area contributed by atoms with Crippen molar-refractivity contribution in [3.8, 4) is 0 Å². The average molecular weight is 393 g/mol. The van der Waals surface area contributed by atoms with Gasteiger partial charge in [-0.3, -0.25) is 18.7 Å². The number of nitrogens with one attached hydrogen (secondary N) is 1. The van der Waals surface area contributed by atoms with Crippen LogP contribution in [0.15, 0.2) is 52.3 Å². The number of nitrogens with zero attached hydrogens (tertiary/aromatic N) is 4. The van der Waals surface area contributed by atoms with E-state index < -0.39 is 11.2 Å². The number of carbonyl (C=O) groups excluding carboxylic acids is 1. The molecular weight excluding hydrogens is 370 g/mol. The lowest BCUT2D eigenvalue weighted by Gasteiger charge is -2.23. The first-order valence-electron chi connectivity index (χ1n) is 9.91. The molecule has 8 heteroatoms. The molecule has 0 bridgehead atoms. The van der Waals surface area contributed by atoms with Crippen molar-refractivity contribution in [2.45, 2.75) is 51.2 Å². The van der Waals surface area contributed by atoms with Crippen LogP contribution in [0.1, 0.15) is 37.7 Å². The maximum Gasteiger partial charge on any atom is 0.333 e. The van der Waals surface area contributed by atoms with Crippen molar-refractivity contribution in [2.24, 2.45) is 0 Å². The summed E-state index contributed by atoms with van der Waals surface area (Å²) in [5.41, 5.74) is -0.0520. The van der Waals surface area contributed by atoms with Gasteiger partial charge in [0.05, 0.1) is 6.54 Å². The molecule has 0 unspecified atom stereocenters. The molecule has 0 saturated heterocycles. The second kappa shape index (κ2) is 8.38. The van der Waals surface area contributed by atoms with E-state index in [1.807, 2.05) is 30.3 Å². The predicted molar refractivity (Wildman–Crippen MR) is 109 cm³/mol. The van der Waals surface area contributed by atoms with E-state index in [0.29, 0.717) is 0 Å². The molecule has 0 atom stereocenters. The minimum absolute atomic E-state index is 0.0773. The van der Waals surface area contributed by atoms with Gasteiger partial charge in [-0.05, 0) is 18.4 Å². The molecule has 8 nitrogen and oxygen atoms in total. The highest BCUT2D eigenvalue weighted by atomic mass is 16.2. The van der Waals surface area contributed by atoms with Gasteiger partial charge >= 0.3 is 5.69 Å². The first-order valence-corrected chi connectivity index (χ1v) is 9.91. The SMILES string of the molecule is O=C(Cn1c(=O)n(Cc2ccccc2)c(=O)c2nccnc21)NC1CCCCC1. The Labute approximate surface area is 167 Å². The fraction of sp³-hybridized carbons (Fsp3) is 0.381. The first-order chi connectivity index (χ1) is 14.1. The summed E-state index contributed by atoms with van der Waals surface area (Å²) in [7, 11) is 0. The third-order valence-electron chi connectivity index (χ3n) is 5.30. The molecular formula is C21H23N5O3. The van der Waals surface area contributed by atoms with Gasteiger partial charge in [0.1, 0.15) is 6.54 Å². The highest BCUT2D eigenvalue weighted by Gasteiger charge is 2.20. The van der Waals surface area contributed by atoms with Gasteiger partial charge < -0.3 is 5.32 Å². The van der Waals surface area contributed by atoms with Crippen LogP contribution in [-0.4, -0.2) is 31.1 Å². The third-order valence-corrected chi connectivity index (χ3v) is 5.30. The van der Waals surface area contributed by atoms with Crippen LogP contribution in [0, 0.1) is 0 Å². The molecule has 0 spiro atoms. The lowest BCUT2D eigenvalue weighted by atomic mass is 9.95. The van der Waals surface area contributed by atoms with E-state index in [0.717, 1.165) is 35.8 Å². The Bertz CT molecular complexity index is 1130. The summed E-state index contributed by atoms with van der Waals surface area (Å²) in [6.07, 6.45) is 8.12. The molecule has 1 fully saturated rings. The Morgan fingerprint density at radius 2 is 1.72 bits per heavy atom. The summed E-state index contributed by atoms with van der Waals surface area (Å²) in [5.74, 6) is -0.254. The van der Waals surface area contributed by atoms with E-state index in [1.165, 1.54) is 23.4 Å². The highest BCUT2D eigenvalue weighted by molar-refractivity contribution is 5.78. The summed E-state index contributed by atoms with van der Waals surface area (Å²) in [5, 5.41) is 3.01. The smallest absolute Gasteiger partial charge is 0.333 e. The minimum Gasteiger partial charge on any atom is -0.352 e. The van der Waals surface area contributed by atoms with Crippen LogP contribution >= 0.6 is 0 Å². The molecule has 0 aliphatic heterocycles. The molecule has 150 valence electrons. The van der Waals surface area contributed by atoms with Crippen molar-refractivity contribution < 1.29 is 4.79 Å². The molecule has 3 aromatic rings. The van der Waals surface area contributed by atoms with Crippen molar-refractivity contribution in [1.82, 2.24) is 24.4 Å². The molecule has 0 radical (unpaired) electrons. The molecule has 4 rings (SSSR count). The quantitative estimate of drug-likeness (QED) is 0.707. The van der Waals surface area contributed by atoms with Crippen molar-refractivity contribution in [3.63, 3.8) is 0 Å². The number of rotatable bonds is 5. The molecule has 1 aromatic carbocycles. The molecule has 1 saturated carbocycles. The summed E-state index contributed by atoms with van der Waals surface area (Å²) < 4.78 is 2.35. The minimum atomic E-state index is -0.564. The molecule has 1 aliphatic rings. The maximum atomic E-state index is 13.1. The number of aromatic nitrogens is 4. The highest BCUT2D eigenvalue weighted by Crippen LogP contribution is 2.17. The van der Waals surface area contributed by atoms with Gasteiger partial charge in [-0.25, -0.2) is 14.8 Å². The van der Waals surface area contributed by atoms with Crippen LogP contribution in [0.25, 0.3) is 11.2 Å².